The van der Waals surface area contributed by atoms with Gasteiger partial charge in [-0.1, -0.05) is 0 Å². The average molecular weight is 214 g/mol. The first kappa shape index (κ1) is 11.7. The van der Waals surface area contributed by atoms with E-state index in [0.717, 1.165) is 0 Å². The second-order valence-electron chi connectivity index (χ2n) is 3.91. The van der Waals surface area contributed by atoms with Crippen LogP contribution in [0, 0.1) is 10.1 Å². The second kappa shape index (κ2) is 4.41. The highest BCUT2D eigenvalue weighted by Crippen LogP contribution is 2.15. The molecule has 1 aromatic rings. The lowest BCUT2D eigenvalue weighted by atomic mass is 10.1. The molecular weight excluding hydrogens is 200 g/mol. The van der Waals surface area contributed by atoms with Gasteiger partial charge in [-0.05, 0) is 19.9 Å². The van der Waals surface area contributed by atoms with Gasteiger partial charge >= 0.3 is 5.88 Å². The molecule has 2 N–H and O–H groups in total. The third-order valence-electron chi connectivity index (χ3n) is 1.68. The van der Waals surface area contributed by atoms with Crippen LogP contribution in [0.4, 0.5) is 5.88 Å². The molecule has 1 rings (SSSR count). The average Bonchev–Trinajstić information content (AvgIpc) is 2.50. The number of aliphatic hydroxyl groups is 1. The zero-order chi connectivity index (χ0) is 11.5. The van der Waals surface area contributed by atoms with Crippen molar-refractivity contribution in [2.75, 3.05) is 6.54 Å². The van der Waals surface area contributed by atoms with Gasteiger partial charge in [0.2, 0.25) is 0 Å². The number of hydrogen-bond donors (Lipinski definition) is 2. The van der Waals surface area contributed by atoms with E-state index in [4.69, 9.17) is 4.42 Å². The van der Waals surface area contributed by atoms with Crippen LogP contribution < -0.4 is 5.32 Å². The Hall–Kier alpha value is -1.40. The molecule has 0 saturated heterocycles. The van der Waals surface area contributed by atoms with Crippen molar-refractivity contribution in [2.45, 2.75) is 26.0 Å². The predicted octanol–water partition coefficient (Wildman–Crippen LogP) is 1.05. The van der Waals surface area contributed by atoms with Crippen molar-refractivity contribution in [2.24, 2.45) is 0 Å². The first-order chi connectivity index (χ1) is 6.88. The lowest BCUT2D eigenvalue weighted by Gasteiger charge is -2.16. The molecule has 0 aliphatic carbocycles. The zero-order valence-electron chi connectivity index (χ0n) is 8.69. The van der Waals surface area contributed by atoms with Crippen LogP contribution in [0.3, 0.4) is 0 Å². The molecule has 1 heterocycles. The summed E-state index contributed by atoms with van der Waals surface area (Å²) >= 11 is 0. The summed E-state index contributed by atoms with van der Waals surface area (Å²) in [7, 11) is 0. The van der Waals surface area contributed by atoms with E-state index in [1.54, 1.807) is 13.8 Å². The standard InChI is InChI=1S/C9H14N2O4/c1-9(2,12)6-10-5-7-3-4-8(15-7)11(13)14/h3-4,10,12H,5-6H2,1-2H3. The summed E-state index contributed by atoms with van der Waals surface area (Å²) in [4.78, 5) is 9.71. The van der Waals surface area contributed by atoms with Gasteiger partial charge in [-0.25, -0.2) is 0 Å². The lowest BCUT2D eigenvalue weighted by Crippen LogP contribution is -2.34. The third kappa shape index (κ3) is 4.09. The van der Waals surface area contributed by atoms with Crippen LogP contribution in [0.5, 0.6) is 0 Å². The molecule has 0 radical (unpaired) electrons. The lowest BCUT2D eigenvalue weighted by molar-refractivity contribution is -0.402. The van der Waals surface area contributed by atoms with E-state index >= 15 is 0 Å². The first-order valence-electron chi connectivity index (χ1n) is 4.55. The maximum absolute atomic E-state index is 10.3. The molecule has 0 atom stereocenters. The van der Waals surface area contributed by atoms with Crippen LogP contribution in [0.1, 0.15) is 19.6 Å². The quantitative estimate of drug-likeness (QED) is 0.565. The maximum atomic E-state index is 10.3. The van der Waals surface area contributed by atoms with Crippen molar-refractivity contribution >= 4 is 5.88 Å². The summed E-state index contributed by atoms with van der Waals surface area (Å²) < 4.78 is 4.92. The topological polar surface area (TPSA) is 88.5 Å². The first-order valence-corrected chi connectivity index (χ1v) is 4.55. The molecule has 0 spiro atoms. The highest BCUT2D eigenvalue weighted by Gasteiger charge is 2.14. The molecular formula is C9H14N2O4. The number of rotatable bonds is 5. The number of nitrogens with one attached hydrogen (secondary N) is 1. The van der Waals surface area contributed by atoms with Crippen LogP contribution in [0.2, 0.25) is 0 Å². The fraction of sp³-hybridized carbons (Fsp3) is 0.556. The van der Waals surface area contributed by atoms with E-state index in [1.165, 1.54) is 12.1 Å². The van der Waals surface area contributed by atoms with Crippen molar-refractivity contribution in [3.05, 3.63) is 28.0 Å². The molecule has 15 heavy (non-hydrogen) atoms. The summed E-state index contributed by atoms with van der Waals surface area (Å²) in [6.45, 7) is 4.09. The summed E-state index contributed by atoms with van der Waals surface area (Å²) in [6, 6.07) is 2.84. The monoisotopic (exact) mass is 214 g/mol. The Morgan fingerprint density at radius 3 is 2.73 bits per heavy atom. The summed E-state index contributed by atoms with van der Waals surface area (Å²) in [5.41, 5.74) is -0.807. The number of hydrogen-bond acceptors (Lipinski definition) is 5. The molecule has 6 nitrogen and oxygen atoms in total. The predicted molar refractivity (Wildman–Crippen MR) is 53.4 cm³/mol. The van der Waals surface area contributed by atoms with Gasteiger partial charge in [0.05, 0.1) is 18.2 Å². The molecule has 1 aromatic heterocycles. The van der Waals surface area contributed by atoms with Crippen LogP contribution in [-0.4, -0.2) is 22.2 Å². The Bertz CT molecular complexity index is 340. The minimum Gasteiger partial charge on any atom is -0.404 e. The minimum absolute atomic E-state index is 0.268. The van der Waals surface area contributed by atoms with Gasteiger partial charge in [-0.2, -0.15) is 0 Å². The van der Waals surface area contributed by atoms with Crippen LogP contribution in [0.25, 0.3) is 0 Å². The van der Waals surface area contributed by atoms with Crippen molar-refractivity contribution in [3.8, 4) is 0 Å². The Kier molecular flexibility index (Phi) is 3.43. The smallest absolute Gasteiger partial charge is 0.404 e. The molecule has 6 heteroatoms. The summed E-state index contributed by atoms with van der Waals surface area (Å²) in [6.07, 6.45) is 0. The summed E-state index contributed by atoms with van der Waals surface area (Å²) in [5.74, 6) is 0.209. The molecule has 84 valence electrons. The Labute approximate surface area is 87.0 Å². The Balaban J connectivity index is 2.41. The van der Waals surface area contributed by atoms with Gasteiger partial charge < -0.3 is 14.8 Å². The molecule has 0 aromatic carbocycles. The molecule has 0 fully saturated rings. The van der Waals surface area contributed by atoms with E-state index in [1.807, 2.05) is 0 Å². The number of furan rings is 1. The zero-order valence-corrected chi connectivity index (χ0v) is 8.69. The minimum atomic E-state index is -0.807. The maximum Gasteiger partial charge on any atom is 0.433 e. The number of nitrogens with zero attached hydrogens (tertiary/aromatic N) is 1. The van der Waals surface area contributed by atoms with Gasteiger partial charge in [0.15, 0.2) is 0 Å². The second-order valence-corrected chi connectivity index (χ2v) is 3.91. The third-order valence-corrected chi connectivity index (χ3v) is 1.68. The molecule has 0 unspecified atom stereocenters. The summed E-state index contributed by atoms with van der Waals surface area (Å²) in [5, 5.41) is 22.6. The molecule has 0 saturated carbocycles. The van der Waals surface area contributed by atoms with E-state index < -0.39 is 10.5 Å². The molecule has 0 amide bonds. The largest absolute Gasteiger partial charge is 0.433 e. The normalized spacial score (nSPS) is 11.7. The van der Waals surface area contributed by atoms with Crippen LogP contribution in [-0.2, 0) is 6.54 Å². The fourth-order valence-corrected chi connectivity index (χ4v) is 1.05. The molecule has 0 aliphatic rings. The van der Waals surface area contributed by atoms with E-state index in [0.29, 0.717) is 18.8 Å². The van der Waals surface area contributed by atoms with Crippen molar-refractivity contribution in [3.63, 3.8) is 0 Å². The highest BCUT2D eigenvalue weighted by atomic mass is 16.6. The SMILES string of the molecule is CC(C)(O)CNCc1ccc([N+](=O)[O-])o1. The van der Waals surface area contributed by atoms with Gasteiger partial charge in [-0.3, -0.25) is 10.1 Å². The van der Waals surface area contributed by atoms with Gasteiger partial charge in [0.1, 0.15) is 10.7 Å². The van der Waals surface area contributed by atoms with E-state index in [9.17, 15) is 15.2 Å². The molecule has 0 bridgehead atoms. The highest BCUT2D eigenvalue weighted by molar-refractivity contribution is 5.17. The molecule has 0 aliphatic heterocycles. The van der Waals surface area contributed by atoms with Crippen LogP contribution >= 0.6 is 0 Å². The fourth-order valence-electron chi connectivity index (χ4n) is 1.05. The van der Waals surface area contributed by atoms with Crippen LogP contribution in [0.15, 0.2) is 16.5 Å². The number of nitro groups is 1. The Morgan fingerprint density at radius 1 is 1.60 bits per heavy atom. The van der Waals surface area contributed by atoms with E-state index in [2.05, 4.69) is 5.32 Å². The van der Waals surface area contributed by atoms with Gasteiger partial charge in [-0.15, -0.1) is 0 Å². The van der Waals surface area contributed by atoms with Gasteiger partial charge in [0.25, 0.3) is 0 Å². The van der Waals surface area contributed by atoms with Crippen molar-refractivity contribution in [1.29, 1.82) is 0 Å². The van der Waals surface area contributed by atoms with E-state index in [-0.39, 0.29) is 5.88 Å². The Morgan fingerprint density at radius 2 is 2.27 bits per heavy atom. The van der Waals surface area contributed by atoms with Crippen molar-refractivity contribution < 1.29 is 14.4 Å². The van der Waals surface area contributed by atoms with Crippen molar-refractivity contribution in [1.82, 2.24) is 5.32 Å². The van der Waals surface area contributed by atoms with Gasteiger partial charge in [0, 0.05) is 6.54 Å².